The fourth-order valence-electron chi connectivity index (χ4n) is 2.60. The lowest BCUT2D eigenvalue weighted by atomic mass is 10.0. The normalized spacial score (nSPS) is 13.0. The second-order valence-electron chi connectivity index (χ2n) is 8.34. The minimum Gasteiger partial charge on any atom is -0.444 e. The Labute approximate surface area is 156 Å². The van der Waals surface area contributed by atoms with Crippen LogP contribution in [0.15, 0.2) is 4.52 Å². The van der Waals surface area contributed by atoms with Crippen LogP contribution >= 0.6 is 0 Å². The molecule has 0 saturated carbocycles. The van der Waals surface area contributed by atoms with Crippen molar-refractivity contribution in [2.24, 2.45) is 5.92 Å². The Morgan fingerprint density at radius 3 is 2.31 bits per heavy atom. The van der Waals surface area contributed by atoms with Gasteiger partial charge in [-0.05, 0) is 40.0 Å². The lowest BCUT2D eigenvalue weighted by Gasteiger charge is -2.25. The molecule has 0 aliphatic carbocycles. The van der Waals surface area contributed by atoms with E-state index in [1.54, 1.807) is 6.92 Å². The van der Waals surface area contributed by atoms with Gasteiger partial charge in [0.1, 0.15) is 11.2 Å². The molecule has 0 fully saturated rings. The van der Waals surface area contributed by atoms with E-state index in [0.29, 0.717) is 29.5 Å². The first-order valence-corrected chi connectivity index (χ1v) is 9.14. The lowest BCUT2D eigenvalue weighted by molar-refractivity contribution is 0.0496. The molecular formula is C19H33N3O4. The number of aryl methyl sites for hydroxylation is 1. The number of ether oxygens (including phenoxy) is 1. The van der Waals surface area contributed by atoms with Crippen LogP contribution in [0.4, 0.5) is 4.79 Å². The SMILES string of the molecule is Cc1noc(C(C)C)c1C(=O)NCC(CC(C)C)NC(=O)OC(C)(C)C. The predicted octanol–water partition coefficient (Wildman–Crippen LogP) is 3.78. The Morgan fingerprint density at radius 2 is 1.81 bits per heavy atom. The summed E-state index contributed by atoms with van der Waals surface area (Å²) in [5, 5.41) is 9.63. The van der Waals surface area contributed by atoms with Gasteiger partial charge in [0, 0.05) is 18.5 Å². The van der Waals surface area contributed by atoms with Crippen LogP contribution in [0.1, 0.15) is 82.6 Å². The smallest absolute Gasteiger partial charge is 0.407 e. The summed E-state index contributed by atoms with van der Waals surface area (Å²) in [6.45, 7) is 15.5. The highest BCUT2D eigenvalue weighted by molar-refractivity contribution is 5.96. The van der Waals surface area contributed by atoms with E-state index in [1.807, 2.05) is 34.6 Å². The zero-order chi connectivity index (χ0) is 20.1. The summed E-state index contributed by atoms with van der Waals surface area (Å²) in [6.07, 6.45) is 0.237. The summed E-state index contributed by atoms with van der Waals surface area (Å²) in [7, 11) is 0. The standard InChI is InChI=1S/C19H33N3O4/c1-11(2)9-14(21-18(24)25-19(6,7)8)10-20-17(23)15-13(5)22-26-16(15)12(3)4/h11-12,14H,9-10H2,1-8H3,(H,20,23)(H,21,24). The molecule has 0 aliphatic heterocycles. The van der Waals surface area contributed by atoms with Crippen LogP contribution in [0.3, 0.4) is 0 Å². The van der Waals surface area contributed by atoms with E-state index in [-0.39, 0.29) is 17.9 Å². The molecule has 1 aromatic rings. The second-order valence-corrected chi connectivity index (χ2v) is 8.34. The van der Waals surface area contributed by atoms with Crippen molar-refractivity contribution in [1.82, 2.24) is 15.8 Å². The van der Waals surface area contributed by atoms with Gasteiger partial charge in [-0.25, -0.2) is 4.79 Å². The molecule has 7 nitrogen and oxygen atoms in total. The monoisotopic (exact) mass is 367 g/mol. The summed E-state index contributed by atoms with van der Waals surface area (Å²) in [5.74, 6) is 0.742. The summed E-state index contributed by atoms with van der Waals surface area (Å²) in [4.78, 5) is 24.7. The van der Waals surface area contributed by atoms with Crippen molar-refractivity contribution in [3.63, 3.8) is 0 Å². The summed E-state index contributed by atoms with van der Waals surface area (Å²) in [6, 6.07) is -0.225. The number of nitrogens with one attached hydrogen (secondary N) is 2. The van der Waals surface area contributed by atoms with Crippen LogP contribution in [0.5, 0.6) is 0 Å². The molecule has 0 bridgehead atoms. The number of aromatic nitrogens is 1. The van der Waals surface area contributed by atoms with Gasteiger partial charge in [-0.15, -0.1) is 0 Å². The van der Waals surface area contributed by atoms with Crippen molar-refractivity contribution in [3.05, 3.63) is 17.0 Å². The molecule has 0 saturated heterocycles. The first-order chi connectivity index (χ1) is 11.9. The minimum absolute atomic E-state index is 0.0586. The van der Waals surface area contributed by atoms with Gasteiger partial charge < -0.3 is 19.9 Å². The highest BCUT2D eigenvalue weighted by Crippen LogP contribution is 2.22. The van der Waals surface area contributed by atoms with Crippen LogP contribution in [0.2, 0.25) is 0 Å². The van der Waals surface area contributed by atoms with E-state index in [0.717, 1.165) is 6.42 Å². The summed E-state index contributed by atoms with van der Waals surface area (Å²) in [5.41, 5.74) is 0.467. The number of alkyl carbamates (subject to hydrolysis) is 1. The van der Waals surface area contributed by atoms with Crippen LogP contribution in [-0.4, -0.2) is 35.3 Å². The van der Waals surface area contributed by atoms with Crippen molar-refractivity contribution in [1.29, 1.82) is 0 Å². The quantitative estimate of drug-likeness (QED) is 0.765. The van der Waals surface area contributed by atoms with Crippen molar-refractivity contribution < 1.29 is 18.8 Å². The van der Waals surface area contributed by atoms with E-state index in [1.165, 1.54) is 0 Å². The topological polar surface area (TPSA) is 93.5 Å². The predicted molar refractivity (Wildman–Crippen MR) is 100 cm³/mol. The van der Waals surface area contributed by atoms with Gasteiger partial charge in [0.2, 0.25) is 0 Å². The molecule has 0 aromatic carbocycles. The molecule has 0 aliphatic rings. The molecular weight excluding hydrogens is 334 g/mol. The van der Waals surface area contributed by atoms with Crippen LogP contribution in [-0.2, 0) is 4.74 Å². The number of amides is 2. The maximum absolute atomic E-state index is 12.6. The molecule has 2 N–H and O–H groups in total. The molecule has 7 heteroatoms. The summed E-state index contributed by atoms with van der Waals surface area (Å²) >= 11 is 0. The maximum atomic E-state index is 12.6. The van der Waals surface area contributed by atoms with E-state index in [4.69, 9.17) is 9.26 Å². The largest absolute Gasteiger partial charge is 0.444 e. The van der Waals surface area contributed by atoms with Crippen LogP contribution in [0.25, 0.3) is 0 Å². The molecule has 148 valence electrons. The number of nitrogens with zero attached hydrogens (tertiary/aromatic N) is 1. The fourth-order valence-corrected chi connectivity index (χ4v) is 2.60. The van der Waals surface area contributed by atoms with Crippen LogP contribution < -0.4 is 10.6 Å². The van der Waals surface area contributed by atoms with Gasteiger partial charge in [0.25, 0.3) is 5.91 Å². The third-order valence-corrected chi connectivity index (χ3v) is 3.63. The van der Waals surface area contributed by atoms with E-state index < -0.39 is 11.7 Å². The lowest BCUT2D eigenvalue weighted by Crippen LogP contribution is -2.46. The molecule has 1 aromatic heterocycles. The van der Waals surface area contributed by atoms with Gasteiger partial charge in [-0.1, -0.05) is 32.9 Å². The number of hydrogen-bond acceptors (Lipinski definition) is 5. The van der Waals surface area contributed by atoms with E-state index >= 15 is 0 Å². The Hall–Kier alpha value is -2.05. The zero-order valence-corrected chi connectivity index (χ0v) is 17.2. The Balaban J connectivity index is 2.76. The van der Waals surface area contributed by atoms with Gasteiger partial charge in [-0.3, -0.25) is 4.79 Å². The molecule has 1 unspecified atom stereocenters. The first-order valence-electron chi connectivity index (χ1n) is 9.14. The average molecular weight is 367 g/mol. The highest BCUT2D eigenvalue weighted by atomic mass is 16.6. The molecule has 0 radical (unpaired) electrons. The van der Waals surface area contributed by atoms with Crippen molar-refractivity contribution in [3.8, 4) is 0 Å². The van der Waals surface area contributed by atoms with Crippen molar-refractivity contribution in [2.45, 2.75) is 79.4 Å². The second kappa shape index (κ2) is 9.05. The Bertz CT molecular complexity index is 615. The van der Waals surface area contributed by atoms with Crippen molar-refractivity contribution in [2.75, 3.05) is 6.54 Å². The van der Waals surface area contributed by atoms with E-state index in [9.17, 15) is 9.59 Å². The van der Waals surface area contributed by atoms with Gasteiger partial charge in [0.05, 0.1) is 5.69 Å². The third-order valence-electron chi connectivity index (χ3n) is 3.63. The van der Waals surface area contributed by atoms with Gasteiger partial charge in [-0.2, -0.15) is 0 Å². The molecule has 1 rings (SSSR count). The highest BCUT2D eigenvalue weighted by Gasteiger charge is 2.24. The molecule has 26 heavy (non-hydrogen) atoms. The van der Waals surface area contributed by atoms with Gasteiger partial charge >= 0.3 is 6.09 Å². The number of rotatable bonds is 7. The first kappa shape index (κ1) is 22.0. The molecule has 1 heterocycles. The number of carbonyl (C=O) groups excluding carboxylic acids is 2. The van der Waals surface area contributed by atoms with Crippen molar-refractivity contribution >= 4 is 12.0 Å². The zero-order valence-electron chi connectivity index (χ0n) is 17.2. The molecule has 2 amide bonds. The third kappa shape index (κ3) is 7.06. The summed E-state index contributed by atoms with van der Waals surface area (Å²) < 4.78 is 10.6. The minimum atomic E-state index is -0.568. The number of carbonyl (C=O) groups is 2. The molecule has 1 atom stereocenters. The van der Waals surface area contributed by atoms with E-state index in [2.05, 4.69) is 29.6 Å². The van der Waals surface area contributed by atoms with Gasteiger partial charge in [0.15, 0.2) is 5.76 Å². The Morgan fingerprint density at radius 1 is 1.19 bits per heavy atom. The fraction of sp³-hybridized carbons (Fsp3) is 0.737. The Kier molecular flexibility index (Phi) is 7.66. The van der Waals surface area contributed by atoms with Crippen LogP contribution in [0, 0.1) is 12.8 Å². The number of hydrogen-bond donors (Lipinski definition) is 2. The maximum Gasteiger partial charge on any atom is 0.407 e. The average Bonchev–Trinajstić information content (AvgIpc) is 2.83. The molecule has 0 spiro atoms.